The van der Waals surface area contributed by atoms with Gasteiger partial charge in [-0.2, -0.15) is 0 Å². The number of aromatic amines is 1. The summed E-state index contributed by atoms with van der Waals surface area (Å²) in [5.74, 6) is 1.46. The minimum atomic E-state index is -0.843. The van der Waals surface area contributed by atoms with Crippen molar-refractivity contribution in [1.82, 2.24) is 29.5 Å². The van der Waals surface area contributed by atoms with E-state index in [2.05, 4.69) is 24.6 Å². The van der Waals surface area contributed by atoms with Gasteiger partial charge in [-0.05, 0) is 37.7 Å². The molecular weight excluding hydrogens is 308 g/mol. The predicted molar refractivity (Wildman–Crippen MR) is 87.9 cm³/mol. The summed E-state index contributed by atoms with van der Waals surface area (Å²) in [5.41, 5.74) is 2.58. The van der Waals surface area contributed by atoms with Crippen molar-refractivity contribution in [2.24, 2.45) is 5.92 Å². The average Bonchev–Trinajstić information content (AvgIpc) is 3.21. The molecule has 1 fully saturated rings. The number of rotatable bonds is 3. The number of H-pyrrole nitrogens is 1. The SMILES string of the molecule is CN(C(=O)O)[C@H]1CC[C@H](Cc2nnc3cnc4[nH]ccc4n23)CC1. The molecule has 8 heteroatoms. The lowest BCUT2D eigenvalue weighted by molar-refractivity contribution is 0.118. The van der Waals surface area contributed by atoms with Crippen molar-refractivity contribution in [2.75, 3.05) is 7.05 Å². The topological polar surface area (TPSA) is 99.4 Å². The second-order valence-corrected chi connectivity index (χ2v) is 6.55. The molecule has 0 unspecified atom stereocenters. The summed E-state index contributed by atoms with van der Waals surface area (Å²) in [6.07, 6.45) is 7.45. The van der Waals surface area contributed by atoms with Crippen LogP contribution in [0.1, 0.15) is 31.5 Å². The molecule has 2 N–H and O–H groups in total. The molecule has 0 bridgehead atoms. The molecule has 0 atom stereocenters. The van der Waals surface area contributed by atoms with Gasteiger partial charge in [0.2, 0.25) is 0 Å². The Balaban J connectivity index is 1.52. The summed E-state index contributed by atoms with van der Waals surface area (Å²) in [6, 6.07) is 2.12. The molecule has 126 valence electrons. The molecule has 3 aromatic rings. The number of nitrogens with zero attached hydrogens (tertiary/aromatic N) is 5. The fraction of sp³-hybridized carbons (Fsp3) is 0.500. The number of carboxylic acid groups (broad SMARTS) is 1. The number of aromatic nitrogens is 5. The molecule has 1 saturated carbocycles. The van der Waals surface area contributed by atoms with E-state index in [0.29, 0.717) is 5.92 Å². The number of hydrogen-bond donors (Lipinski definition) is 2. The third kappa shape index (κ3) is 2.47. The number of hydrogen-bond acceptors (Lipinski definition) is 4. The summed E-state index contributed by atoms with van der Waals surface area (Å²) in [4.78, 5) is 20.0. The Kier molecular flexibility index (Phi) is 3.59. The van der Waals surface area contributed by atoms with Gasteiger partial charge in [-0.15, -0.1) is 10.2 Å². The zero-order chi connectivity index (χ0) is 16.7. The van der Waals surface area contributed by atoms with Crippen LogP contribution in [0.2, 0.25) is 0 Å². The smallest absolute Gasteiger partial charge is 0.407 e. The highest BCUT2D eigenvalue weighted by molar-refractivity contribution is 5.74. The fourth-order valence-corrected chi connectivity index (χ4v) is 3.72. The van der Waals surface area contributed by atoms with E-state index in [-0.39, 0.29) is 6.04 Å². The number of fused-ring (bicyclic) bond motifs is 3. The lowest BCUT2D eigenvalue weighted by Gasteiger charge is -2.32. The van der Waals surface area contributed by atoms with Crippen LogP contribution in [0.4, 0.5) is 4.79 Å². The van der Waals surface area contributed by atoms with Crippen molar-refractivity contribution < 1.29 is 9.90 Å². The van der Waals surface area contributed by atoms with Gasteiger partial charge in [-0.25, -0.2) is 9.78 Å². The van der Waals surface area contributed by atoms with Crippen LogP contribution in [0.25, 0.3) is 16.8 Å². The first-order chi connectivity index (χ1) is 11.6. The summed E-state index contributed by atoms with van der Waals surface area (Å²) in [5, 5.41) is 17.7. The van der Waals surface area contributed by atoms with Crippen LogP contribution in [0.3, 0.4) is 0 Å². The fourth-order valence-electron chi connectivity index (χ4n) is 3.72. The highest BCUT2D eigenvalue weighted by Crippen LogP contribution is 2.29. The van der Waals surface area contributed by atoms with Gasteiger partial charge in [0.15, 0.2) is 11.3 Å². The van der Waals surface area contributed by atoms with Crippen LogP contribution in [-0.4, -0.2) is 53.8 Å². The highest BCUT2D eigenvalue weighted by atomic mass is 16.4. The van der Waals surface area contributed by atoms with E-state index >= 15 is 0 Å². The van der Waals surface area contributed by atoms with E-state index in [9.17, 15) is 4.79 Å². The van der Waals surface area contributed by atoms with E-state index in [1.807, 2.05) is 12.3 Å². The van der Waals surface area contributed by atoms with Crippen molar-refractivity contribution in [3.63, 3.8) is 0 Å². The van der Waals surface area contributed by atoms with Gasteiger partial charge in [0.25, 0.3) is 0 Å². The van der Waals surface area contributed by atoms with Gasteiger partial charge in [0.05, 0.1) is 11.7 Å². The van der Waals surface area contributed by atoms with Crippen LogP contribution < -0.4 is 0 Å². The van der Waals surface area contributed by atoms with Crippen LogP contribution >= 0.6 is 0 Å². The zero-order valence-electron chi connectivity index (χ0n) is 13.5. The van der Waals surface area contributed by atoms with Gasteiger partial charge < -0.3 is 15.0 Å². The van der Waals surface area contributed by atoms with Crippen molar-refractivity contribution in [2.45, 2.75) is 38.1 Å². The highest BCUT2D eigenvalue weighted by Gasteiger charge is 2.27. The van der Waals surface area contributed by atoms with Crippen LogP contribution in [0.5, 0.6) is 0 Å². The molecule has 0 radical (unpaired) electrons. The zero-order valence-corrected chi connectivity index (χ0v) is 13.5. The molecule has 0 aromatic carbocycles. The van der Waals surface area contributed by atoms with Gasteiger partial charge in [0.1, 0.15) is 5.82 Å². The number of nitrogens with one attached hydrogen (secondary N) is 1. The number of carbonyl (C=O) groups is 1. The van der Waals surface area contributed by atoms with Gasteiger partial charge in [0, 0.05) is 25.7 Å². The molecule has 1 amide bonds. The first-order valence-corrected chi connectivity index (χ1v) is 8.25. The second kappa shape index (κ2) is 5.77. The van der Waals surface area contributed by atoms with Crippen molar-refractivity contribution in [3.05, 3.63) is 24.3 Å². The van der Waals surface area contributed by atoms with E-state index in [4.69, 9.17) is 5.11 Å². The summed E-state index contributed by atoms with van der Waals surface area (Å²) < 4.78 is 2.06. The minimum absolute atomic E-state index is 0.134. The van der Waals surface area contributed by atoms with Crippen LogP contribution in [0, 0.1) is 5.92 Å². The van der Waals surface area contributed by atoms with Gasteiger partial charge in [-0.3, -0.25) is 4.40 Å². The normalized spacial score (nSPS) is 21.4. The molecule has 0 spiro atoms. The van der Waals surface area contributed by atoms with Gasteiger partial charge >= 0.3 is 6.09 Å². The predicted octanol–water partition coefficient (Wildman–Crippen LogP) is 2.32. The minimum Gasteiger partial charge on any atom is -0.465 e. The Morgan fingerprint density at radius 3 is 2.92 bits per heavy atom. The van der Waals surface area contributed by atoms with Crippen molar-refractivity contribution in [3.8, 4) is 0 Å². The third-order valence-electron chi connectivity index (χ3n) is 5.15. The van der Waals surface area contributed by atoms with Gasteiger partial charge in [-0.1, -0.05) is 0 Å². The average molecular weight is 328 g/mol. The second-order valence-electron chi connectivity index (χ2n) is 6.55. The van der Waals surface area contributed by atoms with Crippen molar-refractivity contribution >= 4 is 22.9 Å². The van der Waals surface area contributed by atoms with Crippen molar-refractivity contribution in [1.29, 1.82) is 0 Å². The molecule has 3 heterocycles. The summed E-state index contributed by atoms with van der Waals surface area (Å²) in [6.45, 7) is 0. The summed E-state index contributed by atoms with van der Waals surface area (Å²) >= 11 is 0. The Hall–Kier alpha value is -2.64. The lowest BCUT2D eigenvalue weighted by Crippen LogP contribution is -2.38. The monoisotopic (exact) mass is 328 g/mol. The number of amides is 1. The Morgan fingerprint density at radius 1 is 1.38 bits per heavy atom. The molecule has 1 aliphatic carbocycles. The molecule has 4 rings (SSSR count). The Morgan fingerprint density at radius 2 is 2.17 bits per heavy atom. The Labute approximate surface area is 138 Å². The maximum atomic E-state index is 11.1. The molecule has 8 nitrogen and oxygen atoms in total. The molecule has 24 heavy (non-hydrogen) atoms. The molecule has 0 saturated heterocycles. The third-order valence-corrected chi connectivity index (χ3v) is 5.15. The molecular formula is C16H20N6O2. The van der Waals surface area contributed by atoms with Crippen LogP contribution in [-0.2, 0) is 6.42 Å². The first-order valence-electron chi connectivity index (χ1n) is 8.25. The van der Waals surface area contributed by atoms with E-state index in [0.717, 1.165) is 54.7 Å². The molecule has 3 aromatic heterocycles. The van der Waals surface area contributed by atoms with E-state index in [1.54, 1.807) is 13.2 Å². The van der Waals surface area contributed by atoms with Crippen LogP contribution in [0.15, 0.2) is 18.5 Å². The maximum Gasteiger partial charge on any atom is 0.407 e. The first kappa shape index (κ1) is 14.9. The quantitative estimate of drug-likeness (QED) is 0.768. The molecule has 1 aliphatic rings. The van der Waals surface area contributed by atoms with E-state index < -0.39 is 6.09 Å². The Bertz CT molecular complexity index is 877. The van der Waals surface area contributed by atoms with E-state index in [1.165, 1.54) is 4.90 Å². The summed E-state index contributed by atoms with van der Waals surface area (Å²) in [7, 11) is 1.66. The largest absolute Gasteiger partial charge is 0.465 e. The molecule has 0 aliphatic heterocycles. The lowest BCUT2D eigenvalue weighted by atomic mass is 9.83. The maximum absolute atomic E-state index is 11.1. The standard InChI is InChI=1S/C16H20N6O2/c1-21(16(23)24)11-4-2-10(3-5-11)8-13-19-20-14-9-18-15-12(22(13)14)6-7-17-15/h6-7,9-11,17H,2-5,8H2,1H3,(H,23,24)/t10-,11-.